The van der Waals surface area contributed by atoms with E-state index in [4.69, 9.17) is 23.7 Å². The standard InChI is InChI=1S/C22H30O8/c1-26-17(23)11-14-7-8-16-20(28-14)19(25)22-21(30-16)18(24)15(29-22)9-10-27-12-13-5-3-2-4-6-13/h2-6,14-16,18-22,24-25H,7-12H2,1H3/t14?,15?,16-,18?,19?,20-,21-,22?/m0/s1. The molecule has 5 unspecified atom stereocenters. The Balaban J connectivity index is 1.29. The molecule has 0 aliphatic carbocycles. The maximum absolute atomic E-state index is 11.5. The molecular formula is C22H30O8. The number of aliphatic hydroxyl groups is 2. The molecule has 1 aromatic carbocycles. The maximum atomic E-state index is 11.5. The van der Waals surface area contributed by atoms with Crippen LogP contribution < -0.4 is 0 Å². The molecule has 0 bridgehead atoms. The van der Waals surface area contributed by atoms with Gasteiger partial charge in [0, 0.05) is 6.61 Å². The number of hydrogen-bond donors (Lipinski definition) is 2. The van der Waals surface area contributed by atoms with Gasteiger partial charge in [-0.2, -0.15) is 0 Å². The highest BCUT2D eigenvalue weighted by Gasteiger charge is 2.56. The molecule has 3 aliphatic heterocycles. The van der Waals surface area contributed by atoms with Gasteiger partial charge in [-0.3, -0.25) is 4.79 Å². The van der Waals surface area contributed by atoms with E-state index >= 15 is 0 Å². The van der Waals surface area contributed by atoms with Gasteiger partial charge in [0.25, 0.3) is 0 Å². The Hall–Kier alpha value is -1.55. The van der Waals surface area contributed by atoms with Gasteiger partial charge in [0.15, 0.2) is 0 Å². The Morgan fingerprint density at radius 2 is 1.80 bits per heavy atom. The van der Waals surface area contributed by atoms with Crippen LogP contribution in [0.1, 0.15) is 31.2 Å². The van der Waals surface area contributed by atoms with Crippen LogP contribution in [0.3, 0.4) is 0 Å². The summed E-state index contributed by atoms with van der Waals surface area (Å²) in [6.45, 7) is 0.923. The van der Waals surface area contributed by atoms with Crippen molar-refractivity contribution in [3.05, 3.63) is 35.9 Å². The number of hydrogen-bond acceptors (Lipinski definition) is 8. The third kappa shape index (κ3) is 4.69. The molecule has 3 heterocycles. The van der Waals surface area contributed by atoms with Crippen LogP contribution in [0.5, 0.6) is 0 Å². The zero-order chi connectivity index (χ0) is 21.1. The predicted octanol–water partition coefficient (Wildman–Crippen LogP) is 0.961. The van der Waals surface area contributed by atoms with Crippen LogP contribution in [0.25, 0.3) is 0 Å². The van der Waals surface area contributed by atoms with Gasteiger partial charge in [-0.15, -0.1) is 0 Å². The minimum Gasteiger partial charge on any atom is -0.469 e. The van der Waals surface area contributed by atoms with Gasteiger partial charge in [-0.1, -0.05) is 30.3 Å². The normalized spacial score (nSPS) is 38.0. The van der Waals surface area contributed by atoms with Crippen molar-refractivity contribution in [2.24, 2.45) is 0 Å². The van der Waals surface area contributed by atoms with Crippen LogP contribution in [-0.4, -0.2) is 78.7 Å². The molecule has 8 nitrogen and oxygen atoms in total. The fraction of sp³-hybridized carbons (Fsp3) is 0.682. The SMILES string of the molecule is COC(=O)CC1CC[C@@H]2O[C@H]3C(O)C(CCOCc4ccccc4)OC3C(O)[C@H]2O1. The van der Waals surface area contributed by atoms with Crippen LogP contribution in [0.4, 0.5) is 0 Å². The summed E-state index contributed by atoms with van der Waals surface area (Å²) in [5.41, 5.74) is 1.08. The largest absolute Gasteiger partial charge is 0.469 e. The van der Waals surface area contributed by atoms with Crippen molar-refractivity contribution in [2.45, 2.75) is 81.1 Å². The molecule has 30 heavy (non-hydrogen) atoms. The summed E-state index contributed by atoms with van der Waals surface area (Å²) in [6.07, 6.45) is -2.83. The third-order valence-corrected chi connectivity index (χ3v) is 6.15. The highest BCUT2D eigenvalue weighted by Crippen LogP contribution is 2.39. The summed E-state index contributed by atoms with van der Waals surface area (Å²) >= 11 is 0. The first-order chi connectivity index (χ1) is 14.6. The van der Waals surface area contributed by atoms with E-state index in [1.54, 1.807) is 0 Å². The number of benzene rings is 1. The van der Waals surface area contributed by atoms with Gasteiger partial charge in [-0.05, 0) is 24.8 Å². The third-order valence-electron chi connectivity index (χ3n) is 6.15. The molecule has 8 heteroatoms. The van der Waals surface area contributed by atoms with Crippen molar-refractivity contribution in [3.63, 3.8) is 0 Å². The summed E-state index contributed by atoms with van der Waals surface area (Å²) in [4.78, 5) is 11.5. The number of rotatable bonds is 7. The van der Waals surface area contributed by atoms with Gasteiger partial charge in [0.2, 0.25) is 0 Å². The van der Waals surface area contributed by atoms with E-state index in [9.17, 15) is 15.0 Å². The summed E-state index contributed by atoms with van der Waals surface area (Å²) < 4.78 is 28.4. The van der Waals surface area contributed by atoms with E-state index in [-0.39, 0.29) is 24.6 Å². The summed E-state index contributed by atoms with van der Waals surface area (Å²) in [6, 6.07) is 9.87. The van der Waals surface area contributed by atoms with Gasteiger partial charge in [0.1, 0.15) is 30.5 Å². The topological polar surface area (TPSA) is 104 Å². The van der Waals surface area contributed by atoms with Crippen molar-refractivity contribution in [3.8, 4) is 0 Å². The highest BCUT2D eigenvalue weighted by atomic mass is 16.6. The fourth-order valence-corrected chi connectivity index (χ4v) is 4.55. The van der Waals surface area contributed by atoms with E-state index in [0.717, 1.165) is 5.56 Å². The Morgan fingerprint density at radius 1 is 1.03 bits per heavy atom. The van der Waals surface area contributed by atoms with Crippen LogP contribution in [0.15, 0.2) is 30.3 Å². The number of ether oxygens (including phenoxy) is 5. The fourth-order valence-electron chi connectivity index (χ4n) is 4.55. The molecule has 166 valence electrons. The first kappa shape index (κ1) is 21.7. The number of fused-ring (bicyclic) bond motifs is 2. The molecule has 3 fully saturated rings. The smallest absolute Gasteiger partial charge is 0.308 e. The quantitative estimate of drug-likeness (QED) is 0.495. The molecule has 0 saturated carbocycles. The van der Waals surface area contributed by atoms with E-state index in [2.05, 4.69) is 0 Å². The lowest BCUT2D eigenvalue weighted by atomic mass is 9.88. The van der Waals surface area contributed by atoms with Crippen molar-refractivity contribution < 1.29 is 38.7 Å². The molecule has 3 aliphatic rings. The van der Waals surface area contributed by atoms with Crippen LogP contribution in [0.2, 0.25) is 0 Å². The average molecular weight is 422 g/mol. The lowest BCUT2D eigenvalue weighted by molar-refractivity contribution is -0.259. The molecule has 8 atom stereocenters. The molecular weight excluding hydrogens is 392 g/mol. The number of methoxy groups -OCH3 is 1. The van der Waals surface area contributed by atoms with Gasteiger partial charge < -0.3 is 33.9 Å². The Morgan fingerprint density at radius 3 is 2.57 bits per heavy atom. The molecule has 3 saturated heterocycles. The molecule has 1 aromatic rings. The van der Waals surface area contributed by atoms with E-state index in [1.807, 2.05) is 30.3 Å². The molecule has 4 rings (SSSR count). The second kappa shape index (κ2) is 9.72. The maximum Gasteiger partial charge on any atom is 0.308 e. The predicted molar refractivity (Wildman–Crippen MR) is 105 cm³/mol. The minimum absolute atomic E-state index is 0.144. The van der Waals surface area contributed by atoms with Gasteiger partial charge in [0.05, 0.1) is 38.4 Å². The van der Waals surface area contributed by atoms with E-state index < -0.39 is 36.6 Å². The zero-order valence-corrected chi connectivity index (χ0v) is 17.1. The number of carbonyl (C=O) groups excluding carboxylic acids is 1. The Bertz CT molecular complexity index is 698. The minimum atomic E-state index is -0.931. The number of esters is 1. The van der Waals surface area contributed by atoms with Crippen LogP contribution >= 0.6 is 0 Å². The van der Waals surface area contributed by atoms with Crippen LogP contribution in [0, 0.1) is 0 Å². The van der Waals surface area contributed by atoms with E-state index in [1.165, 1.54) is 7.11 Å². The molecule has 0 aromatic heterocycles. The lowest BCUT2D eigenvalue weighted by Gasteiger charge is -2.46. The monoisotopic (exact) mass is 422 g/mol. The second-order valence-corrected chi connectivity index (χ2v) is 8.17. The van der Waals surface area contributed by atoms with Crippen molar-refractivity contribution in [1.82, 2.24) is 0 Å². The van der Waals surface area contributed by atoms with Crippen LogP contribution in [-0.2, 0) is 35.1 Å². The molecule has 0 spiro atoms. The van der Waals surface area contributed by atoms with Crippen molar-refractivity contribution >= 4 is 5.97 Å². The van der Waals surface area contributed by atoms with Crippen molar-refractivity contribution in [2.75, 3.05) is 13.7 Å². The Labute approximate surface area is 176 Å². The summed E-state index contributed by atoms with van der Waals surface area (Å²) in [7, 11) is 1.34. The van der Waals surface area contributed by atoms with Gasteiger partial charge in [-0.25, -0.2) is 0 Å². The molecule has 0 amide bonds. The summed E-state index contributed by atoms with van der Waals surface area (Å²) in [5, 5.41) is 21.5. The number of carbonyl (C=O) groups is 1. The second-order valence-electron chi connectivity index (χ2n) is 8.17. The van der Waals surface area contributed by atoms with Gasteiger partial charge >= 0.3 is 5.97 Å². The average Bonchev–Trinajstić information content (AvgIpc) is 3.08. The highest BCUT2D eigenvalue weighted by molar-refractivity contribution is 5.69. The summed E-state index contributed by atoms with van der Waals surface area (Å²) in [5.74, 6) is -0.342. The van der Waals surface area contributed by atoms with Crippen molar-refractivity contribution in [1.29, 1.82) is 0 Å². The number of aliphatic hydroxyl groups excluding tert-OH is 2. The zero-order valence-electron chi connectivity index (χ0n) is 17.1. The first-order valence-corrected chi connectivity index (χ1v) is 10.6. The first-order valence-electron chi connectivity index (χ1n) is 10.6. The van der Waals surface area contributed by atoms with E-state index in [0.29, 0.717) is 32.5 Å². The molecule has 2 N–H and O–H groups in total. The molecule has 0 radical (unpaired) electrons. The Kier molecular flexibility index (Phi) is 7.02. The lowest BCUT2D eigenvalue weighted by Crippen LogP contribution is -2.61.